The van der Waals surface area contributed by atoms with Gasteiger partial charge < -0.3 is 20.5 Å². The van der Waals surface area contributed by atoms with Crippen LogP contribution in [0, 0.1) is 0 Å². The van der Waals surface area contributed by atoms with E-state index in [-0.39, 0.29) is 24.1 Å². The van der Waals surface area contributed by atoms with Crippen molar-refractivity contribution >= 4 is 22.4 Å². The monoisotopic (exact) mass is 381 g/mol. The maximum Gasteiger partial charge on any atom is 0.228 e. The van der Waals surface area contributed by atoms with Gasteiger partial charge in [-0.2, -0.15) is 0 Å². The van der Waals surface area contributed by atoms with Crippen LogP contribution in [0.5, 0.6) is 17.2 Å². The van der Waals surface area contributed by atoms with Crippen molar-refractivity contribution in [3.63, 3.8) is 0 Å². The predicted molar refractivity (Wildman–Crippen MR) is 104 cm³/mol. The van der Waals surface area contributed by atoms with Gasteiger partial charge in [0.2, 0.25) is 5.91 Å². The summed E-state index contributed by atoms with van der Waals surface area (Å²) in [5.74, 6) is 1.03. The molecule has 3 aromatic rings. The Morgan fingerprint density at radius 2 is 2.19 bits per heavy atom. The zero-order chi connectivity index (χ0) is 18.6. The number of nitrogens with one attached hydrogen (secondary N) is 2. The standard InChI is InChI=1S/C20H19N3O3S/c24-17-10-13-6-7-21-16(12-19(25)23-20-22-8-9-27-20)15(13)11-18(17)26-14-4-2-1-3-5-14/h1-5,8-11,16,21,24H,6-7,12H2,(H,22,23,25). The van der Waals surface area contributed by atoms with Crippen molar-refractivity contribution in [2.24, 2.45) is 0 Å². The number of fused-ring (bicyclic) bond motifs is 1. The highest BCUT2D eigenvalue weighted by atomic mass is 32.1. The fourth-order valence-electron chi connectivity index (χ4n) is 3.18. The van der Waals surface area contributed by atoms with E-state index in [2.05, 4.69) is 15.6 Å². The third-order valence-electron chi connectivity index (χ3n) is 4.42. The first kappa shape index (κ1) is 17.5. The van der Waals surface area contributed by atoms with Gasteiger partial charge in [0.25, 0.3) is 0 Å². The van der Waals surface area contributed by atoms with Gasteiger partial charge in [-0.05, 0) is 48.4 Å². The molecule has 2 aromatic carbocycles. The number of nitrogens with zero attached hydrogens (tertiary/aromatic N) is 1. The molecule has 0 aliphatic carbocycles. The molecule has 4 rings (SSSR count). The largest absolute Gasteiger partial charge is 0.504 e. The Labute approximate surface area is 160 Å². The summed E-state index contributed by atoms with van der Waals surface area (Å²) in [7, 11) is 0. The first-order chi connectivity index (χ1) is 13.2. The fourth-order valence-corrected chi connectivity index (χ4v) is 3.72. The first-order valence-electron chi connectivity index (χ1n) is 8.70. The van der Waals surface area contributed by atoms with Gasteiger partial charge in [-0.15, -0.1) is 11.3 Å². The lowest BCUT2D eigenvalue weighted by molar-refractivity contribution is -0.116. The van der Waals surface area contributed by atoms with Crippen LogP contribution in [0.1, 0.15) is 23.6 Å². The number of rotatable bonds is 5. The van der Waals surface area contributed by atoms with Gasteiger partial charge in [0.15, 0.2) is 16.6 Å². The molecule has 3 N–H and O–H groups in total. The number of phenols is 1. The minimum atomic E-state index is -0.146. The Bertz CT molecular complexity index is 929. The number of thiazole rings is 1. The normalized spacial score (nSPS) is 15.8. The number of anilines is 1. The SMILES string of the molecule is O=C(CC1NCCc2cc(O)c(Oc3ccccc3)cc21)Nc1nccs1. The number of aromatic hydroxyl groups is 1. The van der Waals surface area contributed by atoms with Gasteiger partial charge in [-0.25, -0.2) is 4.98 Å². The van der Waals surface area contributed by atoms with Gasteiger partial charge in [0.1, 0.15) is 5.75 Å². The molecule has 0 bridgehead atoms. The second-order valence-electron chi connectivity index (χ2n) is 6.28. The van der Waals surface area contributed by atoms with Crippen molar-refractivity contribution in [2.75, 3.05) is 11.9 Å². The van der Waals surface area contributed by atoms with Crippen molar-refractivity contribution in [1.82, 2.24) is 10.3 Å². The van der Waals surface area contributed by atoms with Crippen LogP contribution in [0.15, 0.2) is 54.0 Å². The van der Waals surface area contributed by atoms with Gasteiger partial charge in [0.05, 0.1) is 0 Å². The third-order valence-corrected chi connectivity index (χ3v) is 5.11. The molecule has 1 amide bonds. The van der Waals surface area contributed by atoms with Crippen LogP contribution in [0.4, 0.5) is 5.13 Å². The lowest BCUT2D eigenvalue weighted by atomic mass is 9.91. The molecule has 0 spiro atoms. The smallest absolute Gasteiger partial charge is 0.228 e. The van der Waals surface area contributed by atoms with E-state index >= 15 is 0 Å². The molecule has 27 heavy (non-hydrogen) atoms. The van der Waals surface area contributed by atoms with Crippen molar-refractivity contribution in [3.05, 3.63) is 65.2 Å². The summed E-state index contributed by atoms with van der Waals surface area (Å²) < 4.78 is 5.83. The number of hydrogen-bond donors (Lipinski definition) is 3. The summed E-state index contributed by atoms with van der Waals surface area (Å²) in [6.07, 6.45) is 2.73. The molecule has 7 heteroatoms. The molecule has 2 heterocycles. The highest BCUT2D eigenvalue weighted by Gasteiger charge is 2.25. The number of phenolic OH excluding ortho intramolecular Hbond substituents is 1. The third kappa shape index (κ3) is 4.10. The van der Waals surface area contributed by atoms with Crippen LogP contribution in [0.2, 0.25) is 0 Å². The number of aromatic nitrogens is 1. The maximum absolute atomic E-state index is 12.4. The molecule has 1 aliphatic heterocycles. The van der Waals surface area contributed by atoms with E-state index in [1.54, 1.807) is 12.3 Å². The minimum absolute atomic E-state index is 0.102. The molecule has 1 atom stereocenters. The van der Waals surface area contributed by atoms with Crippen LogP contribution in [0.25, 0.3) is 0 Å². The Hall–Kier alpha value is -2.90. The van der Waals surface area contributed by atoms with E-state index in [9.17, 15) is 9.90 Å². The lowest BCUT2D eigenvalue weighted by Crippen LogP contribution is -2.32. The van der Waals surface area contributed by atoms with E-state index in [4.69, 9.17) is 4.74 Å². The summed E-state index contributed by atoms with van der Waals surface area (Å²) >= 11 is 1.39. The molecule has 138 valence electrons. The molecule has 1 aromatic heterocycles. The Kier molecular flexibility index (Phi) is 5.04. The highest BCUT2D eigenvalue weighted by Crippen LogP contribution is 2.38. The number of amides is 1. The number of ether oxygens (including phenoxy) is 1. The van der Waals surface area contributed by atoms with E-state index in [0.717, 1.165) is 24.1 Å². The van der Waals surface area contributed by atoms with Crippen LogP contribution < -0.4 is 15.4 Å². The number of carbonyl (C=O) groups is 1. The molecule has 0 saturated heterocycles. The molecule has 6 nitrogen and oxygen atoms in total. The number of para-hydroxylation sites is 1. The second-order valence-corrected chi connectivity index (χ2v) is 7.17. The molecule has 1 unspecified atom stereocenters. The Morgan fingerprint density at radius 1 is 1.33 bits per heavy atom. The van der Waals surface area contributed by atoms with E-state index in [0.29, 0.717) is 16.6 Å². The summed E-state index contributed by atoms with van der Waals surface area (Å²) in [6, 6.07) is 12.7. The van der Waals surface area contributed by atoms with Gasteiger partial charge in [0, 0.05) is 24.0 Å². The van der Waals surface area contributed by atoms with Gasteiger partial charge in [-0.3, -0.25) is 4.79 Å². The number of benzene rings is 2. The van der Waals surface area contributed by atoms with Crippen molar-refractivity contribution in [2.45, 2.75) is 18.9 Å². The van der Waals surface area contributed by atoms with Crippen LogP contribution in [-0.2, 0) is 11.2 Å². The average molecular weight is 381 g/mol. The van der Waals surface area contributed by atoms with Gasteiger partial charge >= 0.3 is 0 Å². The summed E-state index contributed by atoms with van der Waals surface area (Å²) in [5.41, 5.74) is 2.00. The number of hydrogen-bond acceptors (Lipinski definition) is 6. The molecular weight excluding hydrogens is 362 g/mol. The predicted octanol–water partition coefficient (Wildman–Crippen LogP) is 3.86. The second kappa shape index (κ2) is 7.77. The molecule has 0 saturated carbocycles. The molecule has 1 aliphatic rings. The van der Waals surface area contributed by atoms with Gasteiger partial charge in [-0.1, -0.05) is 18.2 Å². The highest BCUT2D eigenvalue weighted by molar-refractivity contribution is 7.13. The summed E-state index contributed by atoms with van der Waals surface area (Å²) in [4.78, 5) is 16.4. The van der Waals surface area contributed by atoms with E-state index in [1.165, 1.54) is 11.3 Å². The van der Waals surface area contributed by atoms with Crippen molar-refractivity contribution in [1.29, 1.82) is 0 Å². The lowest BCUT2D eigenvalue weighted by Gasteiger charge is -2.27. The van der Waals surface area contributed by atoms with Crippen molar-refractivity contribution in [3.8, 4) is 17.2 Å². The Balaban J connectivity index is 1.55. The van der Waals surface area contributed by atoms with Crippen LogP contribution in [0.3, 0.4) is 0 Å². The topological polar surface area (TPSA) is 83.5 Å². The average Bonchev–Trinajstić information content (AvgIpc) is 3.16. The first-order valence-corrected chi connectivity index (χ1v) is 9.58. The van der Waals surface area contributed by atoms with E-state index < -0.39 is 0 Å². The maximum atomic E-state index is 12.4. The van der Waals surface area contributed by atoms with E-state index in [1.807, 2.05) is 41.8 Å². The minimum Gasteiger partial charge on any atom is -0.504 e. The number of carbonyl (C=O) groups excluding carboxylic acids is 1. The van der Waals surface area contributed by atoms with Crippen LogP contribution in [-0.4, -0.2) is 22.5 Å². The van der Waals surface area contributed by atoms with Crippen molar-refractivity contribution < 1.29 is 14.6 Å². The molecule has 0 fully saturated rings. The summed E-state index contributed by atoms with van der Waals surface area (Å²) in [5, 5.41) is 18.9. The molecular formula is C20H19N3O3S. The zero-order valence-corrected chi connectivity index (χ0v) is 15.3. The Morgan fingerprint density at radius 3 is 2.96 bits per heavy atom. The van der Waals surface area contributed by atoms with Crippen LogP contribution >= 0.6 is 11.3 Å². The molecule has 0 radical (unpaired) electrons. The fraction of sp³-hybridized carbons (Fsp3) is 0.200. The quantitative estimate of drug-likeness (QED) is 0.625. The zero-order valence-electron chi connectivity index (χ0n) is 14.5. The summed E-state index contributed by atoms with van der Waals surface area (Å²) in [6.45, 7) is 0.751.